The zero-order chi connectivity index (χ0) is 16.1. The molecule has 7 heteroatoms. The molecule has 1 aromatic carbocycles. The number of hydrogen-bond acceptors (Lipinski definition) is 3. The zero-order valence-electron chi connectivity index (χ0n) is 12.7. The number of hydrogen-bond donors (Lipinski definition) is 0. The quantitative estimate of drug-likeness (QED) is 0.848. The molecule has 1 saturated heterocycles. The van der Waals surface area contributed by atoms with Crippen LogP contribution in [0.4, 0.5) is 4.39 Å². The molecule has 2 aliphatic rings. The van der Waals surface area contributed by atoms with Crippen molar-refractivity contribution >= 4 is 15.9 Å². The van der Waals surface area contributed by atoms with Gasteiger partial charge in [0.2, 0.25) is 15.9 Å². The highest BCUT2D eigenvalue weighted by Crippen LogP contribution is 2.32. The summed E-state index contributed by atoms with van der Waals surface area (Å²) in [4.78, 5) is 13.7. The van der Waals surface area contributed by atoms with E-state index in [1.165, 1.54) is 16.4 Å². The molecule has 0 radical (unpaired) electrons. The molecule has 1 aliphatic heterocycles. The highest BCUT2D eigenvalue weighted by Gasteiger charge is 2.39. The molecule has 2 fully saturated rings. The third-order valence-corrected chi connectivity index (χ3v) is 6.04. The second kappa shape index (κ2) is 5.31. The molecule has 0 N–H and O–H groups in total. The minimum Gasteiger partial charge on any atom is -0.327 e. The van der Waals surface area contributed by atoms with E-state index >= 15 is 0 Å². The topological polar surface area (TPSA) is 57.7 Å². The van der Waals surface area contributed by atoms with Crippen LogP contribution in [-0.2, 0) is 14.8 Å². The lowest BCUT2D eigenvalue weighted by atomic mass is 10.1. The summed E-state index contributed by atoms with van der Waals surface area (Å²) in [7, 11) is -3.70. The molecule has 1 saturated carbocycles. The Morgan fingerprint density at radius 3 is 2.32 bits per heavy atom. The molecule has 5 nitrogen and oxygen atoms in total. The van der Waals surface area contributed by atoms with Gasteiger partial charge in [0.1, 0.15) is 5.82 Å². The Morgan fingerprint density at radius 2 is 1.77 bits per heavy atom. The highest BCUT2D eigenvalue weighted by molar-refractivity contribution is 7.89. The normalized spacial score (nSPS) is 19.7. The van der Waals surface area contributed by atoms with Gasteiger partial charge in [-0.3, -0.25) is 4.79 Å². The van der Waals surface area contributed by atoms with Gasteiger partial charge in [-0.15, -0.1) is 0 Å². The van der Waals surface area contributed by atoms with Crippen molar-refractivity contribution in [3.05, 3.63) is 29.1 Å². The fourth-order valence-electron chi connectivity index (χ4n) is 2.73. The van der Waals surface area contributed by atoms with E-state index < -0.39 is 10.0 Å². The smallest absolute Gasteiger partial charge is 0.244 e. The van der Waals surface area contributed by atoms with E-state index in [9.17, 15) is 17.6 Å². The van der Waals surface area contributed by atoms with Gasteiger partial charge in [-0.05, 0) is 49.9 Å². The van der Waals surface area contributed by atoms with Crippen molar-refractivity contribution in [2.75, 3.05) is 19.8 Å². The Morgan fingerprint density at radius 1 is 1.18 bits per heavy atom. The Balaban J connectivity index is 1.83. The predicted molar refractivity (Wildman–Crippen MR) is 79.1 cm³/mol. The molecule has 1 aromatic rings. The van der Waals surface area contributed by atoms with Crippen LogP contribution in [0.15, 0.2) is 17.0 Å². The van der Waals surface area contributed by atoms with Gasteiger partial charge in [0.15, 0.2) is 0 Å². The van der Waals surface area contributed by atoms with E-state index in [-0.39, 0.29) is 35.8 Å². The fourth-order valence-corrected chi connectivity index (χ4v) is 4.30. The molecule has 3 rings (SSSR count). The maximum atomic E-state index is 13.7. The standard InChI is InChI=1S/C15H19FN2O3S/c1-10-7-13(8-11(2)14(10)16)22(20,21)18-6-5-17(9-18)15(19)12-3-4-12/h7-8,12H,3-6,9H2,1-2H3. The van der Waals surface area contributed by atoms with Crippen molar-refractivity contribution < 1.29 is 17.6 Å². The Hall–Kier alpha value is -1.47. The summed E-state index contributed by atoms with van der Waals surface area (Å²) < 4.78 is 40.3. The number of aryl methyl sites for hydroxylation is 2. The first-order valence-electron chi connectivity index (χ1n) is 7.36. The maximum Gasteiger partial charge on any atom is 0.244 e. The fraction of sp³-hybridized carbons (Fsp3) is 0.533. The van der Waals surface area contributed by atoms with Crippen LogP contribution in [0.1, 0.15) is 24.0 Å². The van der Waals surface area contributed by atoms with Crippen molar-refractivity contribution in [1.29, 1.82) is 0 Å². The molecular formula is C15H19FN2O3S. The van der Waals surface area contributed by atoms with Gasteiger partial charge in [-0.2, -0.15) is 4.31 Å². The monoisotopic (exact) mass is 326 g/mol. The van der Waals surface area contributed by atoms with Gasteiger partial charge in [0.25, 0.3) is 0 Å². The summed E-state index contributed by atoms with van der Waals surface area (Å²) in [6, 6.07) is 2.70. The Kier molecular flexibility index (Phi) is 3.72. The van der Waals surface area contributed by atoms with E-state index in [1.54, 1.807) is 18.7 Å². The average molecular weight is 326 g/mol. The van der Waals surface area contributed by atoms with E-state index in [1.807, 2.05) is 0 Å². The van der Waals surface area contributed by atoms with Crippen LogP contribution in [0.25, 0.3) is 0 Å². The molecule has 0 bridgehead atoms. The molecule has 0 spiro atoms. The molecule has 0 aromatic heterocycles. The van der Waals surface area contributed by atoms with Gasteiger partial charge in [0.05, 0.1) is 11.6 Å². The van der Waals surface area contributed by atoms with Crippen LogP contribution in [0, 0.1) is 25.6 Å². The predicted octanol–water partition coefficient (Wildman–Crippen LogP) is 1.64. The van der Waals surface area contributed by atoms with Crippen LogP contribution in [0.3, 0.4) is 0 Å². The number of carbonyl (C=O) groups is 1. The van der Waals surface area contributed by atoms with Crippen LogP contribution in [0.5, 0.6) is 0 Å². The number of amides is 1. The maximum absolute atomic E-state index is 13.7. The van der Waals surface area contributed by atoms with Crippen molar-refractivity contribution in [2.45, 2.75) is 31.6 Å². The van der Waals surface area contributed by atoms with Gasteiger partial charge in [0, 0.05) is 19.0 Å². The molecule has 1 heterocycles. The number of carbonyl (C=O) groups excluding carboxylic acids is 1. The first-order chi connectivity index (χ1) is 10.3. The molecular weight excluding hydrogens is 307 g/mol. The first-order valence-corrected chi connectivity index (χ1v) is 8.80. The van der Waals surface area contributed by atoms with Gasteiger partial charge in [-0.25, -0.2) is 12.8 Å². The average Bonchev–Trinajstić information content (AvgIpc) is 3.19. The summed E-state index contributed by atoms with van der Waals surface area (Å²) >= 11 is 0. The molecule has 0 unspecified atom stereocenters. The van der Waals surface area contributed by atoms with Crippen LogP contribution in [-0.4, -0.2) is 43.3 Å². The van der Waals surface area contributed by atoms with Crippen molar-refractivity contribution in [2.24, 2.45) is 5.92 Å². The van der Waals surface area contributed by atoms with Crippen molar-refractivity contribution in [1.82, 2.24) is 9.21 Å². The summed E-state index contributed by atoms with van der Waals surface area (Å²) in [5.74, 6) is -0.256. The first kappa shape index (κ1) is 15.4. The van der Waals surface area contributed by atoms with Gasteiger partial charge in [-0.1, -0.05) is 0 Å². The number of halogens is 1. The molecule has 120 valence electrons. The SMILES string of the molecule is Cc1cc(S(=O)(=O)N2CCN(C(=O)C3CC3)C2)cc(C)c1F. The minimum absolute atomic E-state index is 0.0455. The van der Waals surface area contributed by atoms with E-state index in [2.05, 4.69) is 0 Å². The Labute approximate surface area is 129 Å². The third kappa shape index (κ3) is 2.63. The van der Waals surface area contributed by atoms with Gasteiger partial charge >= 0.3 is 0 Å². The van der Waals surface area contributed by atoms with Gasteiger partial charge < -0.3 is 4.90 Å². The number of benzene rings is 1. The van der Waals surface area contributed by atoms with Crippen LogP contribution >= 0.6 is 0 Å². The second-order valence-electron chi connectivity index (χ2n) is 6.07. The number of sulfonamides is 1. The Bertz CT molecular complexity index is 705. The highest BCUT2D eigenvalue weighted by atomic mass is 32.2. The molecule has 0 atom stereocenters. The lowest BCUT2D eigenvalue weighted by molar-refractivity contribution is -0.131. The number of nitrogens with zero attached hydrogens (tertiary/aromatic N) is 2. The van der Waals surface area contributed by atoms with Crippen molar-refractivity contribution in [3.8, 4) is 0 Å². The lowest BCUT2D eigenvalue weighted by Crippen LogP contribution is -2.34. The number of rotatable bonds is 3. The minimum atomic E-state index is -3.70. The summed E-state index contributed by atoms with van der Waals surface area (Å²) in [6.07, 6.45) is 1.80. The van der Waals surface area contributed by atoms with Crippen LogP contribution < -0.4 is 0 Å². The zero-order valence-corrected chi connectivity index (χ0v) is 13.5. The van der Waals surface area contributed by atoms with E-state index in [4.69, 9.17) is 0 Å². The van der Waals surface area contributed by atoms with E-state index in [0.717, 1.165) is 12.8 Å². The van der Waals surface area contributed by atoms with Crippen LogP contribution in [0.2, 0.25) is 0 Å². The molecule has 1 aliphatic carbocycles. The second-order valence-corrected chi connectivity index (χ2v) is 8.01. The summed E-state index contributed by atoms with van der Waals surface area (Å²) in [5, 5.41) is 0. The summed E-state index contributed by atoms with van der Waals surface area (Å²) in [5.41, 5.74) is 0.618. The molecule has 1 amide bonds. The van der Waals surface area contributed by atoms with E-state index in [0.29, 0.717) is 17.7 Å². The summed E-state index contributed by atoms with van der Waals surface area (Å²) in [6.45, 7) is 3.90. The molecule has 22 heavy (non-hydrogen) atoms. The third-order valence-electron chi connectivity index (χ3n) is 4.23. The largest absolute Gasteiger partial charge is 0.327 e. The lowest BCUT2D eigenvalue weighted by Gasteiger charge is -2.19. The van der Waals surface area contributed by atoms with Crippen molar-refractivity contribution in [3.63, 3.8) is 0 Å².